The molecule has 0 saturated heterocycles. The molecule has 6 nitrogen and oxygen atoms in total. The van der Waals surface area contributed by atoms with Crippen molar-refractivity contribution >= 4 is 5.69 Å². The predicted octanol–water partition coefficient (Wildman–Crippen LogP) is 2.54. The molecule has 0 aliphatic heterocycles. The van der Waals surface area contributed by atoms with Gasteiger partial charge in [0.2, 0.25) is 0 Å². The van der Waals surface area contributed by atoms with E-state index in [9.17, 15) is 0 Å². The van der Waals surface area contributed by atoms with Gasteiger partial charge in [-0.15, -0.1) is 5.10 Å². The summed E-state index contributed by atoms with van der Waals surface area (Å²) < 4.78 is 7.21. The average Bonchev–Trinajstić information content (AvgIpc) is 3.08. The molecule has 1 heterocycles. The molecular weight excluding hydrogens is 266 g/mol. The molecule has 2 aromatic rings. The second-order valence-corrected chi connectivity index (χ2v) is 5.88. The van der Waals surface area contributed by atoms with Crippen molar-refractivity contribution in [2.75, 3.05) is 12.8 Å². The molecule has 21 heavy (non-hydrogen) atoms. The molecule has 0 bridgehead atoms. The highest BCUT2D eigenvalue weighted by atomic mass is 16.5. The van der Waals surface area contributed by atoms with Crippen molar-refractivity contribution in [1.29, 1.82) is 0 Å². The number of tetrazole rings is 1. The number of aromatic nitrogens is 4. The number of benzene rings is 1. The molecule has 3 unspecified atom stereocenters. The molecule has 1 aliphatic carbocycles. The number of nitrogen functional groups attached to an aromatic ring is 1. The van der Waals surface area contributed by atoms with Gasteiger partial charge in [0.15, 0.2) is 5.82 Å². The van der Waals surface area contributed by atoms with Gasteiger partial charge >= 0.3 is 0 Å². The van der Waals surface area contributed by atoms with Crippen LogP contribution in [0.15, 0.2) is 18.2 Å². The highest BCUT2D eigenvalue weighted by molar-refractivity contribution is 5.73. The van der Waals surface area contributed by atoms with Crippen molar-refractivity contribution in [2.24, 2.45) is 11.8 Å². The van der Waals surface area contributed by atoms with Crippen LogP contribution in [0.3, 0.4) is 0 Å². The third kappa shape index (κ3) is 2.34. The number of hydrogen-bond donors (Lipinski definition) is 1. The summed E-state index contributed by atoms with van der Waals surface area (Å²) in [6.07, 6.45) is 2.31. The second kappa shape index (κ2) is 5.35. The summed E-state index contributed by atoms with van der Waals surface area (Å²) in [6, 6.07) is 5.89. The maximum atomic E-state index is 6.10. The molecule has 1 aromatic heterocycles. The van der Waals surface area contributed by atoms with Crippen LogP contribution in [-0.2, 0) is 0 Å². The molecular formula is C15H21N5O. The number of anilines is 1. The predicted molar refractivity (Wildman–Crippen MR) is 80.8 cm³/mol. The number of nitrogens with two attached hydrogens (primary N) is 1. The molecule has 3 atom stereocenters. The molecule has 0 amide bonds. The Balaban J connectivity index is 2.03. The lowest BCUT2D eigenvalue weighted by molar-refractivity contribution is 0.328. The third-order valence-electron chi connectivity index (χ3n) is 4.73. The zero-order valence-corrected chi connectivity index (χ0v) is 12.7. The average molecular weight is 287 g/mol. The first kappa shape index (κ1) is 13.9. The third-order valence-corrected chi connectivity index (χ3v) is 4.73. The summed E-state index contributed by atoms with van der Waals surface area (Å²) >= 11 is 0. The Hall–Kier alpha value is -2.11. The summed E-state index contributed by atoms with van der Waals surface area (Å²) in [5, 5.41) is 12.3. The smallest absolute Gasteiger partial charge is 0.184 e. The number of nitrogens with zero attached hydrogens (tertiary/aromatic N) is 4. The van der Waals surface area contributed by atoms with E-state index < -0.39 is 0 Å². The summed E-state index contributed by atoms with van der Waals surface area (Å²) in [6.45, 7) is 4.55. The van der Waals surface area contributed by atoms with Crippen molar-refractivity contribution in [2.45, 2.75) is 32.7 Å². The Kier molecular flexibility index (Phi) is 3.53. The summed E-state index contributed by atoms with van der Waals surface area (Å²) in [4.78, 5) is 0. The molecule has 1 fully saturated rings. The van der Waals surface area contributed by atoms with Crippen LogP contribution < -0.4 is 10.5 Å². The SMILES string of the molecule is COc1ccc(N)c(-c2nnnn2C2CCC(C)C2C)c1. The zero-order chi connectivity index (χ0) is 15.0. The molecule has 1 aromatic carbocycles. The maximum absolute atomic E-state index is 6.10. The van der Waals surface area contributed by atoms with Crippen molar-refractivity contribution in [1.82, 2.24) is 20.2 Å². The fourth-order valence-corrected chi connectivity index (χ4v) is 3.13. The van der Waals surface area contributed by atoms with Gasteiger partial charge < -0.3 is 10.5 Å². The van der Waals surface area contributed by atoms with Crippen LogP contribution >= 0.6 is 0 Å². The molecule has 0 radical (unpaired) electrons. The van der Waals surface area contributed by atoms with Crippen molar-refractivity contribution in [3.63, 3.8) is 0 Å². The number of ether oxygens (including phenoxy) is 1. The minimum atomic E-state index is 0.329. The van der Waals surface area contributed by atoms with Crippen LogP contribution in [0.1, 0.15) is 32.7 Å². The van der Waals surface area contributed by atoms with E-state index >= 15 is 0 Å². The monoisotopic (exact) mass is 287 g/mol. The van der Waals surface area contributed by atoms with Gasteiger partial charge in [-0.3, -0.25) is 0 Å². The highest BCUT2D eigenvalue weighted by Gasteiger charge is 2.33. The lowest BCUT2D eigenvalue weighted by atomic mass is 9.97. The van der Waals surface area contributed by atoms with Gasteiger partial charge in [0, 0.05) is 11.3 Å². The molecule has 0 spiro atoms. The molecule has 2 N–H and O–H groups in total. The first-order chi connectivity index (χ1) is 10.1. The normalized spacial score (nSPS) is 25.2. The summed E-state index contributed by atoms with van der Waals surface area (Å²) in [7, 11) is 1.64. The maximum Gasteiger partial charge on any atom is 0.184 e. The zero-order valence-electron chi connectivity index (χ0n) is 12.7. The fraction of sp³-hybridized carbons (Fsp3) is 0.533. The molecule has 6 heteroatoms. The van der Waals surface area contributed by atoms with Crippen molar-refractivity contribution in [3.8, 4) is 17.1 Å². The quantitative estimate of drug-likeness (QED) is 0.878. The van der Waals surface area contributed by atoms with E-state index in [0.29, 0.717) is 23.6 Å². The van der Waals surface area contributed by atoms with Gasteiger partial charge in [-0.2, -0.15) is 0 Å². The fourth-order valence-electron chi connectivity index (χ4n) is 3.13. The molecule has 1 saturated carbocycles. The topological polar surface area (TPSA) is 78.8 Å². The van der Waals surface area contributed by atoms with E-state index in [2.05, 4.69) is 29.4 Å². The Labute approximate surface area is 124 Å². The van der Waals surface area contributed by atoms with E-state index in [-0.39, 0.29) is 0 Å². The molecule has 3 rings (SSSR count). The van der Waals surface area contributed by atoms with E-state index in [1.807, 2.05) is 22.9 Å². The van der Waals surface area contributed by atoms with Gasteiger partial charge in [0.25, 0.3) is 0 Å². The van der Waals surface area contributed by atoms with E-state index in [1.165, 1.54) is 6.42 Å². The van der Waals surface area contributed by atoms with Gasteiger partial charge in [-0.05, 0) is 53.3 Å². The van der Waals surface area contributed by atoms with Crippen LogP contribution in [-0.4, -0.2) is 27.3 Å². The van der Waals surface area contributed by atoms with Crippen LogP contribution in [0.25, 0.3) is 11.4 Å². The first-order valence-electron chi connectivity index (χ1n) is 7.33. The molecule has 112 valence electrons. The van der Waals surface area contributed by atoms with E-state index in [0.717, 1.165) is 23.6 Å². The van der Waals surface area contributed by atoms with Gasteiger partial charge in [-0.1, -0.05) is 13.8 Å². The van der Waals surface area contributed by atoms with Crippen LogP contribution in [0.5, 0.6) is 5.75 Å². The van der Waals surface area contributed by atoms with Gasteiger partial charge in [0.1, 0.15) is 5.75 Å². The summed E-state index contributed by atoms with van der Waals surface area (Å²) in [5.41, 5.74) is 7.58. The Morgan fingerprint density at radius 3 is 2.76 bits per heavy atom. The lowest BCUT2D eigenvalue weighted by Gasteiger charge is -2.19. The van der Waals surface area contributed by atoms with Crippen LogP contribution in [0.2, 0.25) is 0 Å². The first-order valence-corrected chi connectivity index (χ1v) is 7.33. The minimum Gasteiger partial charge on any atom is -0.497 e. The minimum absolute atomic E-state index is 0.329. The van der Waals surface area contributed by atoms with E-state index in [1.54, 1.807) is 7.11 Å². The van der Waals surface area contributed by atoms with E-state index in [4.69, 9.17) is 10.5 Å². The standard InChI is InChI=1S/C15H21N5O/c1-9-4-7-14(10(9)2)20-15(17-18-19-20)12-8-11(21-3)5-6-13(12)16/h5-6,8-10,14H,4,7,16H2,1-3H3. The lowest BCUT2D eigenvalue weighted by Crippen LogP contribution is -2.17. The Morgan fingerprint density at radius 2 is 2.10 bits per heavy atom. The summed E-state index contributed by atoms with van der Waals surface area (Å²) in [5.74, 6) is 2.72. The van der Waals surface area contributed by atoms with Crippen LogP contribution in [0, 0.1) is 11.8 Å². The Bertz CT molecular complexity index is 639. The van der Waals surface area contributed by atoms with Crippen molar-refractivity contribution in [3.05, 3.63) is 18.2 Å². The largest absolute Gasteiger partial charge is 0.497 e. The Morgan fingerprint density at radius 1 is 1.29 bits per heavy atom. The van der Waals surface area contributed by atoms with Gasteiger partial charge in [0.05, 0.1) is 13.2 Å². The number of methoxy groups -OCH3 is 1. The second-order valence-electron chi connectivity index (χ2n) is 5.88. The van der Waals surface area contributed by atoms with Crippen LogP contribution in [0.4, 0.5) is 5.69 Å². The number of hydrogen-bond acceptors (Lipinski definition) is 5. The van der Waals surface area contributed by atoms with Gasteiger partial charge in [-0.25, -0.2) is 4.68 Å². The molecule has 1 aliphatic rings. The number of rotatable bonds is 3. The van der Waals surface area contributed by atoms with Crippen molar-refractivity contribution < 1.29 is 4.74 Å². The highest BCUT2D eigenvalue weighted by Crippen LogP contribution is 2.41.